The van der Waals surface area contributed by atoms with E-state index < -0.39 is 5.97 Å². The van der Waals surface area contributed by atoms with Crippen molar-refractivity contribution < 1.29 is 9.90 Å². The van der Waals surface area contributed by atoms with Crippen molar-refractivity contribution in [2.75, 3.05) is 7.05 Å². The lowest BCUT2D eigenvalue weighted by molar-refractivity contribution is 0.0694. The molecule has 0 amide bonds. The van der Waals surface area contributed by atoms with Gasteiger partial charge in [0.1, 0.15) is 0 Å². The predicted octanol–water partition coefficient (Wildman–Crippen LogP) is 2.40. The van der Waals surface area contributed by atoms with Crippen LogP contribution in [0.15, 0.2) is 30.6 Å². The van der Waals surface area contributed by atoms with Crippen LogP contribution in [0.1, 0.15) is 21.5 Å². The number of aromatic carboxylic acids is 1. The number of halogens is 1. The molecule has 0 atom stereocenters. The lowest BCUT2D eigenvalue weighted by atomic mass is 10.1. The van der Waals surface area contributed by atoms with Crippen LogP contribution in [0, 0.1) is 0 Å². The van der Waals surface area contributed by atoms with Gasteiger partial charge in [-0.3, -0.25) is 9.58 Å². The Morgan fingerprint density at radius 1 is 1.45 bits per heavy atom. The van der Waals surface area contributed by atoms with Gasteiger partial charge in [-0.05, 0) is 24.7 Å². The fourth-order valence-corrected chi connectivity index (χ4v) is 2.35. The number of carbonyl (C=O) groups is 1. The van der Waals surface area contributed by atoms with Crippen molar-refractivity contribution in [3.63, 3.8) is 0 Å². The summed E-state index contributed by atoms with van der Waals surface area (Å²) >= 11 is 6.12. The molecule has 0 spiro atoms. The summed E-state index contributed by atoms with van der Waals surface area (Å²) < 4.78 is 1.74. The molecule has 1 N–H and O–H groups in total. The number of rotatable bonds is 5. The van der Waals surface area contributed by atoms with Gasteiger partial charge in [-0.15, -0.1) is 0 Å². The van der Waals surface area contributed by atoms with Gasteiger partial charge in [0.15, 0.2) is 0 Å². The maximum atomic E-state index is 11.2. The Balaban J connectivity index is 2.15. The molecule has 0 unspecified atom stereocenters. The second-order valence-electron chi connectivity index (χ2n) is 4.77. The monoisotopic (exact) mass is 293 g/mol. The molecule has 0 radical (unpaired) electrons. The largest absolute Gasteiger partial charge is 0.478 e. The van der Waals surface area contributed by atoms with Gasteiger partial charge in [0.2, 0.25) is 0 Å². The van der Waals surface area contributed by atoms with Crippen LogP contribution >= 0.6 is 11.6 Å². The summed E-state index contributed by atoms with van der Waals surface area (Å²) in [7, 11) is 3.78. The van der Waals surface area contributed by atoms with Crippen molar-refractivity contribution in [2.45, 2.75) is 13.1 Å². The molecule has 1 aromatic carbocycles. The third-order valence-corrected chi connectivity index (χ3v) is 3.34. The number of nitrogens with zero attached hydrogens (tertiary/aromatic N) is 3. The molecule has 0 aliphatic heterocycles. The smallest absolute Gasteiger partial charge is 0.336 e. The van der Waals surface area contributed by atoms with E-state index in [-0.39, 0.29) is 5.56 Å². The first-order valence-electron chi connectivity index (χ1n) is 6.14. The van der Waals surface area contributed by atoms with Gasteiger partial charge < -0.3 is 5.11 Å². The molecule has 5 nitrogen and oxygen atoms in total. The summed E-state index contributed by atoms with van der Waals surface area (Å²) in [6.07, 6.45) is 3.72. The maximum Gasteiger partial charge on any atom is 0.336 e. The van der Waals surface area contributed by atoms with E-state index in [2.05, 4.69) is 5.10 Å². The highest BCUT2D eigenvalue weighted by atomic mass is 35.5. The Morgan fingerprint density at radius 2 is 2.20 bits per heavy atom. The van der Waals surface area contributed by atoms with E-state index in [0.29, 0.717) is 23.7 Å². The summed E-state index contributed by atoms with van der Waals surface area (Å²) in [6.45, 7) is 1.15. The lowest BCUT2D eigenvalue weighted by Crippen LogP contribution is -2.19. The first-order chi connectivity index (χ1) is 9.47. The molecule has 106 valence electrons. The van der Waals surface area contributed by atoms with Crippen LogP contribution in [-0.4, -0.2) is 32.8 Å². The third-order valence-electron chi connectivity index (χ3n) is 2.99. The van der Waals surface area contributed by atoms with Crippen molar-refractivity contribution in [3.8, 4) is 0 Å². The Kier molecular flexibility index (Phi) is 4.42. The van der Waals surface area contributed by atoms with Crippen LogP contribution < -0.4 is 0 Å². The van der Waals surface area contributed by atoms with E-state index in [1.165, 1.54) is 0 Å². The lowest BCUT2D eigenvalue weighted by Gasteiger charge is -2.18. The zero-order chi connectivity index (χ0) is 14.7. The highest BCUT2D eigenvalue weighted by molar-refractivity contribution is 6.31. The topological polar surface area (TPSA) is 58.4 Å². The van der Waals surface area contributed by atoms with Crippen molar-refractivity contribution >= 4 is 17.6 Å². The molecule has 0 aliphatic rings. The van der Waals surface area contributed by atoms with Gasteiger partial charge in [-0.2, -0.15) is 5.10 Å². The van der Waals surface area contributed by atoms with Crippen LogP contribution in [0.4, 0.5) is 0 Å². The molecule has 6 heteroatoms. The molecule has 2 aromatic rings. The van der Waals surface area contributed by atoms with Crippen molar-refractivity contribution in [1.29, 1.82) is 0 Å². The Hall–Kier alpha value is -1.85. The van der Waals surface area contributed by atoms with Crippen molar-refractivity contribution in [1.82, 2.24) is 14.7 Å². The minimum Gasteiger partial charge on any atom is -0.478 e. The predicted molar refractivity (Wildman–Crippen MR) is 76.8 cm³/mol. The molecule has 0 bridgehead atoms. The Morgan fingerprint density at radius 3 is 2.80 bits per heavy atom. The normalized spacial score (nSPS) is 11.0. The van der Waals surface area contributed by atoms with Gasteiger partial charge >= 0.3 is 5.97 Å². The molecule has 20 heavy (non-hydrogen) atoms. The van der Waals surface area contributed by atoms with Gasteiger partial charge in [-0.25, -0.2) is 4.79 Å². The van der Waals surface area contributed by atoms with Crippen molar-refractivity contribution in [2.24, 2.45) is 7.05 Å². The molecule has 0 fully saturated rings. The zero-order valence-electron chi connectivity index (χ0n) is 11.4. The number of benzene rings is 1. The Bertz CT molecular complexity index is 625. The standard InChI is InChI=1S/C14H16ClN3O2/c1-17(7-10-6-16-18(2)8-10)9-12-11(14(19)20)4-3-5-13(12)15/h3-6,8H,7,9H2,1-2H3,(H,19,20). The van der Waals surface area contributed by atoms with Gasteiger partial charge in [0.25, 0.3) is 0 Å². The van der Waals surface area contributed by atoms with E-state index in [9.17, 15) is 9.90 Å². The number of aromatic nitrogens is 2. The van der Waals surface area contributed by atoms with Gasteiger partial charge in [0.05, 0.1) is 11.8 Å². The number of carboxylic acids is 1. The third kappa shape index (κ3) is 3.37. The summed E-state index contributed by atoms with van der Waals surface area (Å²) in [4.78, 5) is 13.2. The van der Waals surface area contributed by atoms with E-state index in [1.54, 1.807) is 29.1 Å². The number of hydrogen-bond acceptors (Lipinski definition) is 3. The fourth-order valence-electron chi connectivity index (χ4n) is 2.11. The average Bonchev–Trinajstić information content (AvgIpc) is 2.77. The van der Waals surface area contributed by atoms with Crippen molar-refractivity contribution in [3.05, 3.63) is 52.3 Å². The second-order valence-corrected chi connectivity index (χ2v) is 5.17. The van der Waals surface area contributed by atoms with E-state index in [0.717, 1.165) is 5.56 Å². The molecule has 0 aliphatic carbocycles. The molecule has 0 saturated heterocycles. The highest BCUT2D eigenvalue weighted by Gasteiger charge is 2.15. The van der Waals surface area contributed by atoms with Crippen LogP contribution in [0.3, 0.4) is 0 Å². The average molecular weight is 294 g/mol. The summed E-state index contributed by atoms with van der Waals surface area (Å²) in [5.41, 5.74) is 1.95. The molecular formula is C14H16ClN3O2. The van der Waals surface area contributed by atoms with Crippen LogP contribution in [0.25, 0.3) is 0 Å². The highest BCUT2D eigenvalue weighted by Crippen LogP contribution is 2.22. The molecular weight excluding hydrogens is 278 g/mol. The molecule has 1 aromatic heterocycles. The first-order valence-corrected chi connectivity index (χ1v) is 6.52. The number of aryl methyl sites for hydroxylation is 1. The van der Waals surface area contributed by atoms with Crippen LogP contribution in [-0.2, 0) is 20.1 Å². The summed E-state index contributed by atoms with van der Waals surface area (Å²) in [5, 5.41) is 13.8. The second kappa shape index (κ2) is 6.07. The Labute approximate surface area is 122 Å². The maximum absolute atomic E-state index is 11.2. The van der Waals surface area contributed by atoms with Gasteiger partial charge in [-0.1, -0.05) is 17.7 Å². The molecule has 1 heterocycles. The zero-order valence-corrected chi connectivity index (χ0v) is 12.1. The quantitative estimate of drug-likeness (QED) is 0.920. The first kappa shape index (κ1) is 14.6. The van der Waals surface area contributed by atoms with Gasteiger partial charge in [0, 0.05) is 36.9 Å². The van der Waals surface area contributed by atoms with Crippen LogP contribution in [0.5, 0.6) is 0 Å². The SMILES string of the molecule is CN(Cc1cnn(C)c1)Cc1c(Cl)cccc1C(=O)O. The van der Waals surface area contributed by atoms with E-state index in [1.807, 2.05) is 25.2 Å². The van der Waals surface area contributed by atoms with Crippen LogP contribution in [0.2, 0.25) is 5.02 Å². The van der Waals surface area contributed by atoms with E-state index in [4.69, 9.17) is 11.6 Å². The minimum atomic E-state index is -0.961. The number of hydrogen-bond donors (Lipinski definition) is 1. The fraction of sp³-hybridized carbons (Fsp3) is 0.286. The molecule has 2 rings (SSSR count). The van der Waals surface area contributed by atoms with E-state index >= 15 is 0 Å². The number of carboxylic acid groups (broad SMARTS) is 1. The minimum absolute atomic E-state index is 0.246. The molecule has 0 saturated carbocycles. The summed E-state index contributed by atoms with van der Waals surface area (Å²) in [6, 6.07) is 4.93. The summed E-state index contributed by atoms with van der Waals surface area (Å²) in [5.74, 6) is -0.961.